The van der Waals surface area contributed by atoms with E-state index in [0.29, 0.717) is 17.8 Å². The summed E-state index contributed by atoms with van der Waals surface area (Å²) in [4.78, 5) is 13.4. The average molecular weight is 296 g/mol. The molecule has 0 aliphatic rings. The standard InChI is InChI=1S/C11H10BrN3O2/c12-10-4-3-9(17-10)11(16)15(7-1-5-13)8-2-6-14/h3-4H,1-2,7-8H2. The number of nitrogens with zero attached hydrogens (tertiary/aromatic N) is 3. The molecule has 0 radical (unpaired) electrons. The number of rotatable bonds is 5. The molecule has 0 saturated heterocycles. The highest BCUT2D eigenvalue weighted by Gasteiger charge is 2.18. The molecule has 1 heterocycles. The predicted octanol–water partition coefficient (Wildman–Crippen LogP) is 2.31. The maximum absolute atomic E-state index is 12.0. The molecule has 0 spiro atoms. The van der Waals surface area contributed by atoms with Crippen molar-refractivity contribution in [2.45, 2.75) is 12.8 Å². The molecule has 0 bridgehead atoms. The van der Waals surface area contributed by atoms with E-state index in [1.807, 2.05) is 12.1 Å². The van der Waals surface area contributed by atoms with Crippen LogP contribution in [-0.2, 0) is 0 Å². The van der Waals surface area contributed by atoms with Gasteiger partial charge in [0.15, 0.2) is 10.4 Å². The summed E-state index contributed by atoms with van der Waals surface area (Å²) in [5.41, 5.74) is 0. The van der Waals surface area contributed by atoms with Crippen molar-refractivity contribution in [3.05, 3.63) is 22.6 Å². The zero-order valence-electron chi connectivity index (χ0n) is 9.02. The van der Waals surface area contributed by atoms with Crippen LogP contribution in [0.5, 0.6) is 0 Å². The van der Waals surface area contributed by atoms with Gasteiger partial charge in [0.1, 0.15) is 0 Å². The molecular formula is C11H10BrN3O2. The maximum atomic E-state index is 12.0. The van der Waals surface area contributed by atoms with E-state index in [1.165, 1.54) is 4.90 Å². The van der Waals surface area contributed by atoms with Crippen LogP contribution in [0.15, 0.2) is 21.2 Å². The summed E-state index contributed by atoms with van der Waals surface area (Å²) in [5.74, 6) is -0.103. The average Bonchev–Trinajstić information content (AvgIpc) is 2.75. The number of carbonyl (C=O) groups excluding carboxylic acids is 1. The minimum Gasteiger partial charge on any atom is -0.444 e. The fourth-order valence-electron chi connectivity index (χ4n) is 1.27. The summed E-state index contributed by atoms with van der Waals surface area (Å²) < 4.78 is 5.62. The number of carbonyl (C=O) groups is 1. The third-order valence-corrected chi connectivity index (χ3v) is 2.48. The van der Waals surface area contributed by atoms with E-state index in [4.69, 9.17) is 14.9 Å². The molecule has 0 unspecified atom stereocenters. The van der Waals surface area contributed by atoms with Crippen LogP contribution >= 0.6 is 15.9 Å². The Morgan fingerprint density at radius 1 is 1.29 bits per heavy atom. The van der Waals surface area contributed by atoms with Crippen LogP contribution in [-0.4, -0.2) is 23.9 Å². The van der Waals surface area contributed by atoms with Gasteiger partial charge in [-0.1, -0.05) is 0 Å². The first kappa shape index (κ1) is 13.3. The van der Waals surface area contributed by atoms with E-state index in [0.717, 1.165) is 0 Å². The summed E-state index contributed by atoms with van der Waals surface area (Å²) >= 11 is 3.11. The molecule has 88 valence electrons. The molecule has 5 nitrogen and oxygen atoms in total. The first-order valence-corrected chi connectivity index (χ1v) is 5.77. The Morgan fingerprint density at radius 2 is 1.88 bits per heavy atom. The molecule has 1 amide bonds. The van der Waals surface area contributed by atoms with Crippen molar-refractivity contribution in [2.75, 3.05) is 13.1 Å². The van der Waals surface area contributed by atoms with Gasteiger partial charge < -0.3 is 9.32 Å². The predicted molar refractivity (Wildman–Crippen MR) is 62.8 cm³/mol. The molecular weight excluding hydrogens is 286 g/mol. The monoisotopic (exact) mass is 295 g/mol. The molecule has 0 aliphatic carbocycles. The van der Waals surface area contributed by atoms with Gasteiger partial charge in [-0.3, -0.25) is 4.79 Å². The number of halogens is 1. The molecule has 6 heteroatoms. The summed E-state index contributed by atoms with van der Waals surface area (Å²) in [6.07, 6.45) is 0.470. The Balaban J connectivity index is 2.72. The van der Waals surface area contributed by atoms with Gasteiger partial charge in [0.25, 0.3) is 5.91 Å². The normalized spacial score (nSPS) is 9.35. The Morgan fingerprint density at radius 3 is 2.29 bits per heavy atom. The fourth-order valence-corrected chi connectivity index (χ4v) is 1.58. The molecule has 0 aromatic carbocycles. The molecule has 0 N–H and O–H groups in total. The largest absolute Gasteiger partial charge is 0.444 e. The zero-order chi connectivity index (χ0) is 12.7. The lowest BCUT2D eigenvalue weighted by atomic mass is 10.3. The summed E-state index contributed by atoms with van der Waals surface area (Å²) in [6, 6.07) is 7.12. The first-order chi connectivity index (χ1) is 8.19. The van der Waals surface area contributed by atoms with Crippen LogP contribution < -0.4 is 0 Å². The Bertz CT molecular complexity index is 452. The SMILES string of the molecule is N#CCCN(CCC#N)C(=O)c1ccc(Br)o1. The molecule has 0 saturated carbocycles. The number of amides is 1. The van der Waals surface area contributed by atoms with Crippen molar-refractivity contribution >= 4 is 21.8 Å². The quantitative estimate of drug-likeness (QED) is 0.835. The van der Waals surface area contributed by atoms with Crippen LogP contribution in [0.4, 0.5) is 0 Å². The molecule has 0 fully saturated rings. The first-order valence-electron chi connectivity index (χ1n) is 4.97. The second-order valence-electron chi connectivity index (χ2n) is 3.21. The van der Waals surface area contributed by atoms with E-state index in [-0.39, 0.29) is 24.5 Å². The third kappa shape index (κ3) is 3.93. The Hall–Kier alpha value is -1.79. The van der Waals surface area contributed by atoms with Gasteiger partial charge in [-0.05, 0) is 28.1 Å². The number of nitriles is 2. The lowest BCUT2D eigenvalue weighted by Gasteiger charge is -2.18. The number of hydrogen-bond acceptors (Lipinski definition) is 4. The van der Waals surface area contributed by atoms with Crippen LogP contribution in [0.25, 0.3) is 0 Å². The van der Waals surface area contributed by atoms with Crippen LogP contribution in [0, 0.1) is 22.7 Å². The van der Waals surface area contributed by atoms with Gasteiger partial charge in [-0.2, -0.15) is 10.5 Å². The molecule has 1 rings (SSSR count). The molecule has 0 atom stereocenters. The summed E-state index contributed by atoms with van der Waals surface area (Å²) in [5, 5.41) is 17.0. The Kier molecular flexibility index (Phi) is 5.25. The van der Waals surface area contributed by atoms with Crippen LogP contribution in [0.2, 0.25) is 0 Å². The van der Waals surface area contributed by atoms with E-state index in [9.17, 15) is 4.79 Å². The topological polar surface area (TPSA) is 81.0 Å². The van der Waals surface area contributed by atoms with Crippen molar-refractivity contribution in [3.63, 3.8) is 0 Å². The van der Waals surface area contributed by atoms with Crippen molar-refractivity contribution < 1.29 is 9.21 Å². The lowest BCUT2D eigenvalue weighted by molar-refractivity contribution is 0.0729. The van der Waals surface area contributed by atoms with Gasteiger partial charge in [0.05, 0.1) is 25.0 Å². The van der Waals surface area contributed by atoms with Gasteiger partial charge in [0.2, 0.25) is 0 Å². The van der Waals surface area contributed by atoms with Crippen molar-refractivity contribution in [3.8, 4) is 12.1 Å². The lowest BCUT2D eigenvalue weighted by Crippen LogP contribution is -2.32. The summed E-state index contributed by atoms with van der Waals surface area (Å²) in [7, 11) is 0. The summed E-state index contributed by atoms with van der Waals surface area (Å²) in [6.45, 7) is 0.602. The van der Waals surface area contributed by atoms with Gasteiger partial charge in [0, 0.05) is 13.1 Å². The van der Waals surface area contributed by atoms with Crippen LogP contribution in [0.3, 0.4) is 0 Å². The number of furan rings is 1. The second-order valence-corrected chi connectivity index (χ2v) is 3.99. The molecule has 1 aromatic rings. The second kappa shape index (κ2) is 6.72. The minimum absolute atomic E-state index is 0.202. The smallest absolute Gasteiger partial charge is 0.289 e. The van der Waals surface area contributed by atoms with Gasteiger partial charge in [-0.25, -0.2) is 0 Å². The van der Waals surface area contributed by atoms with Crippen molar-refractivity contribution in [1.82, 2.24) is 4.90 Å². The van der Waals surface area contributed by atoms with E-state index in [2.05, 4.69) is 15.9 Å². The van der Waals surface area contributed by atoms with Crippen molar-refractivity contribution in [1.29, 1.82) is 10.5 Å². The number of hydrogen-bond donors (Lipinski definition) is 0. The maximum Gasteiger partial charge on any atom is 0.289 e. The zero-order valence-corrected chi connectivity index (χ0v) is 10.6. The van der Waals surface area contributed by atoms with Gasteiger partial charge in [-0.15, -0.1) is 0 Å². The van der Waals surface area contributed by atoms with E-state index >= 15 is 0 Å². The third-order valence-electron chi connectivity index (χ3n) is 2.06. The Labute approximate surface area is 107 Å². The van der Waals surface area contributed by atoms with Gasteiger partial charge >= 0.3 is 0 Å². The highest BCUT2D eigenvalue weighted by Crippen LogP contribution is 2.16. The van der Waals surface area contributed by atoms with E-state index in [1.54, 1.807) is 12.1 Å². The molecule has 1 aromatic heterocycles. The van der Waals surface area contributed by atoms with Crippen LogP contribution in [0.1, 0.15) is 23.4 Å². The molecule has 17 heavy (non-hydrogen) atoms. The highest BCUT2D eigenvalue weighted by molar-refractivity contribution is 9.10. The molecule has 0 aliphatic heterocycles. The minimum atomic E-state index is -0.304. The fraction of sp³-hybridized carbons (Fsp3) is 0.364. The van der Waals surface area contributed by atoms with E-state index < -0.39 is 0 Å². The highest BCUT2D eigenvalue weighted by atomic mass is 79.9. The van der Waals surface area contributed by atoms with Crippen molar-refractivity contribution in [2.24, 2.45) is 0 Å².